The minimum atomic E-state index is -3.05. The van der Waals surface area contributed by atoms with Gasteiger partial charge >= 0.3 is 0 Å². The van der Waals surface area contributed by atoms with Gasteiger partial charge in [-0.15, -0.1) is 0 Å². The van der Waals surface area contributed by atoms with E-state index in [9.17, 15) is 8.42 Å². The maximum Gasteiger partial charge on any atom is 0.213 e. The van der Waals surface area contributed by atoms with E-state index in [1.54, 1.807) is 17.4 Å². The zero-order valence-electron chi connectivity index (χ0n) is 12.0. The number of hydrogen-bond donors (Lipinski definition) is 2. The lowest BCUT2D eigenvalue weighted by atomic mass is 10.1. The molecule has 0 spiro atoms. The van der Waals surface area contributed by atoms with Gasteiger partial charge in [0.1, 0.15) is 0 Å². The standard InChI is InChI=1S/C14H20N4O2S/c1-2-21(19,20)18-7-5-12(6-8-18)16-13-3-4-14-11(9-13)10-15-17-14/h3-4,9-10,12,16H,2,5-8H2,1H3,(H,15,17). The fourth-order valence-electron chi connectivity index (χ4n) is 2.73. The molecule has 2 aromatic rings. The van der Waals surface area contributed by atoms with Gasteiger partial charge in [-0.3, -0.25) is 5.10 Å². The van der Waals surface area contributed by atoms with Crippen molar-refractivity contribution in [2.24, 2.45) is 0 Å². The quantitative estimate of drug-likeness (QED) is 0.902. The van der Waals surface area contributed by atoms with Crippen molar-refractivity contribution in [2.45, 2.75) is 25.8 Å². The smallest absolute Gasteiger partial charge is 0.213 e. The summed E-state index contributed by atoms with van der Waals surface area (Å²) in [5.41, 5.74) is 2.07. The molecule has 0 bridgehead atoms. The number of hydrogen-bond acceptors (Lipinski definition) is 4. The Hall–Kier alpha value is -1.60. The molecular formula is C14H20N4O2S. The van der Waals surface area contributed by atoms with Crippen LogP contribution in [0.15, 0.2) is 24.4 Å². The van der Waals surface area contributed by atoms with Crippen LogP contribution in [0.4, 0.5) is 5.69 Å². The third-order valence-corrected chi connectivity index (χ3v) is 5.90. The first-order valence-electron chi connectivity index (χ1n) is 7.26. The van der Waals surface area contributed by atoms with E-state index in [-0.39, 0.29) is 5.75 Å². The molecule has 0 aliphatic carbocycles. The molecule has 2 N–H and O–H groups in total. The largest absolute Gasteiger partial charge is 0.382 e. The van der Waals surface area contributed by atoms with Gasteiger partial charge in [0.25, 0.3) is 0 Å². The molecule has 6 nitrogen and oxygen atoms in total. The van der Waals surface area contributed by atoms with Gasteiger partial charge in [-0.05, 0) is 38.0 Å². The third kappa shape index (κ3) is 3.03. The molecule has 0 unspecified atom stereocenters. The number of rotatable bonds is 4. The molecule has 0 atom stereocenters. The molecule has 3 rings (SSSR count). The maximum atomic E-state index is 11.8. The van der Waals surface area contributed by atoms with Crippen LogP contribution in [0.3, 0.4) is 0 Å². The van der Waals surface area contributed by atoms with Crippen molar-refractivity contribution in [1.29, 1.82) is 0 Å². The highest BCUT2D eigenvalue weighted by molar-refractivity contribution is 7.89. The summed E-state index contributed by atoms with van der Waals surface area (Å²) in [6.07, 6.45) is 3.47. The minimum absolute atomic E-state index is 0.183. The van der Waals surface area contributed by atoms with Crippen molar-refractivity contribution in [1.82, 2.24) is 14.5 Å². The maximum absolute atomic E-state index is 11.8. The highest BCUT2D eigenvalue weighted by Crippen LogP contribution is 2.21. The number of fused-ring (bicyclic) bond motifs is 1. The first kappa shape index (κ1) is 14.3. The van der Waals surface area contributed by atoms with E-state index in [4.69, 9.17) is 0 Å². The predicted molar refractivity (Wildman–Crippen MR) is 83.8 cm³/mol. The van der Waals surface area contributed by atoms with Gasteiger partial charge in [0.15, 0.2) is 0 Å². The summed E-state index contributed by atoms with van der Waals surface area (Å²) >= 11 is 0. The number of aromatic amines is 1. The molecule has 2 heterocycles. The van der Waals surface area contributed by atoms with Gasteiger partial charge in [0.2, 0.25) is 10.0 Å². The molecule has 1 aromatic carbocycles. The molecule has 1 aliphatic rings. The van der Waals surface area contributed by atoms with Crippen molar-refractivity contribution < 1.29 is 8.42 Å². The van der Waals surface area contributed by atoms with Crippen LogP contribution in [0.1, 0.15) is 19.8 Å². The third-order valence-electron chi connectivity index (χ3n) is 4.02. The van der Waals surface area contributed by atoms with Crippen LogP contribution < -0.4 is 5.32 Å². The Morgan fingerprint density at radius 2 is 2.14 bits per heavy atom. The number of benzene rings is 1. The Morgan fingerprint density at radius 1 is 1.38 bits per heavy atom. The monoisotopic (exact) mass is 308 g/mol. The van der Waals surface area contributed by atoms with Crippen LogP contribution in [-0.4, -0.2) is 47.8 Å². The molecule has 7 heteroatoms. The van der Waals surface area contributed by atoms with Gasteiger partial charge in [0.05, 0.1) is 17.5 Å². The molecule has 1 aromatic heterocycles. The van der Waals surface area contributed by atoms with E-state index in [2.05, 4.69) is 21.6 Å². The van der Waals surface area contributed by atoms with Gasteiger partial charge in [0, 0.05) is 30.2 Å². The van der Waals surface area contributed by atoms with E-state index in [0.717, 1.165) is 29.4 Å². The van der Waals surface area contributed by atoms with Crippen LogP contribution in [0.2, 0.25) is 0 Å². The number of anilines is 1. The fourth-order valence-corrected chi connectivity index (χ4v) is 3.86. The zero-order valence-corrected chi connectivity index (χ0v) is 12.9. The van der Waals surface area contributed by atoms with Crippen LogP contribution in [-0.2, 0) is 10.0 Å². The van der Waals surface area contributed by atoms with Gasteiger partial charge in [-0.25, -0.2) is 12.7 Å². The molecule has 1 saturated heterocycles. The summed E-state index contributed by atoms with van der Waals surface area (Å²) in [7, 11) is -3.05. The van der Waals surface area contributed by atoms with E-state index in [1.165, 1.54) is 0 Å². The number of sulfonamides is 1. The Balaban J connectivity index is 1.62. The van der Waals surface area contributed by atoms with E-state index in [1.807, 2.05) is 12.1 Å². The van der Waals surface area contributed by atoms with Crippen LogP contribution >= 0.6 is 0 Å². The van der Waals surface area contributed by atoms with E-state index < -0.39 is 10.0 Å². The fraction of sp³-hybridized carbons (Fsp3) is 0.500. The predicted octanol–water partition coefficient (Wildman–Crippen LogP) is 1.79. The summed E-state index contributed by atoms with van der Waals surface area (Å²) in [5, 5.41) is 11.5. The summed E-state index contributed by atoms with van der Waals surface area (Å²) in [4.78, 5) is 0. The zero-order chi connectivity index (χ0) is 14.9. The minimum Gasteiger partial charge on any atom is -0.382 e. The van der Waals surface area contributed by atoms with Crippen molar-refractivity contribution in [3.05, 3.63) is 24.4 Å². The molecule has 1 fully saturated rings. The summed E-state index contributed by atoms with van der Waals surface area (Å²) in [5.74, 6) is 0.183. The van der Waals surface area contributed by atoms with Gasteiger partial charge < -0.3 is 5.32 Å². The second-order valence-electron chi connectivity index (χ2n) is 5.39. The second-order valence-corrected chi connectivity index (χ2v) is 7.65. The van der Waals surface area contributed by atoms with Gasteiger partial charge in [-0.2, -0.15) is 5.10 Å². The van der Waals surface area contributed by atoms with Crippen molar-refractivity contribution in [2.75, 3.05) is 24.2 Å². The lowest BCUT2D eigenvalue weighted by Gasteiger charge is -2.31. The van der Waals surface area contributed by atoms with Crippen molar-refractivity contribution in [3.63, 3.8) is 0 Å². The molecule has 1 aliphatic heterocycles. The van der Waals surface area contributed by atoms with Gasteiger partial charge in [-0.1, -0.05) is 0 Å². The molecule has 21 heavy (non-hydrogen) atoms. The lowest BCUT2D eigenvalue weighted by molar-refractivity contribution is 0.330. The molecule has 0 saturated carbocycles. The number of H-pyrrole nitrogens is 1. The highest BCUT2D eigenvalue weighted by atomic mass is 32.2. The molecule has 114 valence electrons. The Labute approximate surface area is 124 Å². The number of nitrogens with one attached hydrogen (secondary N) is 2. The summed E-state index contributed by atoms with van der Waals surface area (Å²) < 4.78 is 25.3. The first-order chi connectivity index (χ1) is 10.1. The second kappa shape index (κ2) is 5.65. The van der Waals surface area contributed by atoms with E-state index >= 15 is 0 Å². The normalized spacial score (nSPS) is 18.1. The average Bonchev–Trinajstić information content (AvgIpc) is 2.95. The number of nitrogens with zero attached hydrogens (tertiary/aromatic N) is 2. The first-order valence-corrected chi connectivity index (χ1v) is 8.87. The molecule has 0 radical (unpaired) electrons. The average molecular weight is 308 g/mol. The summed E-state index contributed by atoms with van der Waals surface area (Å²) in [6, 6.07) is 6.41. The number of piperidine rings is 1. The molecule has 0 amide bonds. The Bertz CT molecular complexity index is 717. The molecular weight excluding hydrogens is 288 g/mol. The van der Waals surface area contributed by atoms with Crippen LogP contribution in [0.5, 0.6) is 0 Å². The van der Waals surface area contributed by atoms with Crippen molar-refractivity contribution >= 4 is 26.6 Å². The topological polar surface area (TPSA) is 78.1 Å². The number of aromatic nitrogens is 2. The Morgan fingerprint density at radius 3 is 2.86 bits per heavy atom. The SMILES string of the molecule is CCS(=O)(=O)N1CCC(Nc2ccc3[nH]ncc3c2)CC1. The summed E-state index contributed by atoms with van der Waals surface area (Å²) in [6.45, 7) is 2.89. The Kier molecular flexibility index (Phi) is 3.86. The van der Waals surface area contributed by atoms with Crippen molar-refractivity contribution in [3.8, 4) is 0 Å². The highest BCUT2D eigenvalue weighted by Gasteiger charge is 2.26. The van der Waals surface area contributed by atoms with Crippen LogP contribution in [0.25, 0.3) is 10.9 Å². The lowest BCUT2D eigenvalue weighted by Crippen LogP contribution is -2.42. The van der Waals surface area contributed by atoms with Crippen LogP contribution in [0, 0.1) is 0 Å². The van der Waals surface area contributed by atoms with E-state index in [0.29, 0.717) is 19.1 Å².